The van der Waals surface area contributed by atoms with Crippen LogP contribution in [0.1, 0.15) is 0 Å². The van der Waals surface area contributed by atoms with Crippen molar-refractivity contribution in [2.24, 2.45) is 0 Å². The molecule has 0 radical (unpaired) electrons. The Bertz CT molecular complexity index is 409. The van der Waals surface area contributed by atoms with Crippen LogP contribution in [0.5, 0.6) is 0 Å². The second-order valence-corrected chi connectivity index (χ2v) is 1.83. The number of aromatic nitrogens is 4. The monoisotopic (exact) mass is 208 g/mol. The van der Waals surface area contributed by atoms with E-state index in [1.165, 1.54) is 12.7 Å². The molecule has 0 aliphatic carbocycles. The van der Waals surface area contributed by atoms with Gasteiger partial charge in [0.05, 0.1) is 12.7 Å². The summed E-state index contributed by atoms with van der Waals surface area (Å²) < 4.78 is 0. The number of H-pyrrole nitrogens is 2. The third-order valence-electron chi connectivity index (χ3n) is 1.23. The molecule has 0 saturated carbocycles. The van der Waals surface area contributed by atoms with Crippen LogP contribution in [-0.4, -0.2) is 19.9 Å². The number of fused-ring (bicyclic) bond motifs is 1. The number of rotatable bonds is 0. The molecule has 0 aliphatic heterocycles. The molecule has 5 nitrogen and oxygen atoms in total. The molecule has 0 spiro atoms. The molecule has 12 heavy (non-hydrogen) atoms. The maximum atomic E-state index is 10.9. The zero-order chi connectivity index (χ0) is 6.97. The molecular formula is C5H6Cl2N4O. The van der Waals surface area contributed by atoms with Gasteiger partial charge in [0.15, 0.2) is 11.2 Å². The first-order valence-corrected chi connectivity index (χ1v) is 2.75. The van der Waals surface area contributed by atoms with Crippen molar-refractivity contribution in [3.8, 4) is 0 Å². The van der Waals surface area contributed by atoms with E-state index in [2.05, 4.69) is 19.9 Å². The number of hydrogen-bond donors (Lipinski definition) is 2. The first-order chi connectivity index (χ1) is 4.88. The minimum atomic E-state index is -0.192. The van der Waals surface area contributed by atoms with Crippen LogP contribution in [0.4, 0.5) is 0 Å². The van der Waals surface area contributed by atoms with Gasteiger partial charge < -0.3 is 9.97 Å². The predicted molar refractivity (Wildman–Crippen MR) is 49.0 cm³/mol. The molecule has 0 saturated heterocycles. The van der Waals surface area contributed by atoms with Crippen molar-refractivity contribution in [3.05, 3.63) is 23.0 Å². The van der Waals surface area contributed by atoms with Crippen LogP contribution < -0.4 is 5.56 Å². The molecule has 2 heterocycles. The molecule has 66 valence electrons. The third kappa shape index (κ3) is 1.57. The van der Waals surface area contributed by atoms with Crippen LogP contribution in [0.2, 0.25) is 0 Å². The van der Waals surface area contributed by atoms with Gasteiger partial charge in [0.1, 0.15) is 0 Å². The summed E-state index contributed by atoms with van der Waals surface area (Å²) in [6.07, 6.45) is 2.76. The molecule has 2 aromatic heterocycles. The van der Waals surface area contributed by atoms with Gasteiger partial charge in [-0.3, -0.25) is 4.79 Å². The summed E-state index contributed by atoms with van der Waals surface area (Å²) in [5, 5.41) is 0. The van der Waals surface area contributed by atoms with E-state index in [0.29, 0.717) is 11.2 Å². The fraction of sp³-hybridized carbons (Fsp3) is 0. The first-order valence-electron chi connectivity index (χ1n) is 2.75. The van der Waals surface area contributed by atoms with Crippen molar-refractivity contribution < 1.29 is 0 Å². The van der Waals surface area contributed by atoms with Crippen molar-refractivity contribution in [1.29, 1.82) is 0 Å². The highest BCUT2D eigenvalue weighted by Gasteiger charge is 1.97. The number of imidazole rings is 1. The molecular weight excluding hydrogens is 203 g/mol. The molecule has 2 rings (SSSR count). The maximum absolute atomic E-state index is 10.9. The summed E-state index contributed by atoms with van der Waals surface area (Å²) >= 11 is 0. The zero-order valence-corrected chi connectivity index (χ0v) is 7.41. The maximum Gasteiger partial charge on any atom is 0.276 e. The Labute approximate surface area is 79.4 Å². The summed E-state index contributed by atoms with van der Waals surface area (Å²) in [7, 11) is 0. The molecule has 0 bridgehead atoms. The summed E-state index contributed by atoms with van der Waals surface area (Å²) in [6.45, 7) is 0. The molecule has 0 atom stereocenters. The zero-order valence-electron chi connectivity index (χ0n) is 5.77. The standard InChI is InChI=1S/C5H4N4O.2ClH/c10-5-3-4(7-1-6-3)8-2-9-5;;/h1-2H,(H2,6,7,8,9,10);2*1H. The Kier molecular flexibility index (Phi) is 3.72. The lowest BCUT2D eigenvalue weighted by molar-refractivity contribution is 1.15. The fourth-order valence-electron chi connectivity index (χ4n) is 0.776. The molecule has 2 aromatic rings. The highest BCUT2D eigenvalue weighted by Crippen LogP contribution is 1.94. The third-order valence-corrected chi connectivity index (χ3v) is 1.23. The molecule has 0 aromatic carbocycles. The SMILES string of the molecule is Cl.Cl.O=c1[nH]cnc2nc[nH]c12. The van der Waals surface area contributed by atoms with Crippen molar-refractivity contribution in [3.63, 3.8) is 0 Å². The average molecular weight is 209 g/mol. The summed E-state index contributed by atoms with van der Waals surface area (Å²) in [4.78, 5) is 23.6. The van der Waals surface area contributed by atoms with Gasteiger partial charge in [0.2, 0.25) is 0 Å². The van der Waals surface area contributed by atoms with Gasteiger partial charge in [-0.2, -0.15) is 0 Å². The van der Waals surface area contributed by atoms with Crippen LogP contribution in [0.3, 0.4) is 0 Å². The van der Waals surface area contributed by atoms with Gasteiger partial charge in [-0.15, -0.1) is 24.8 Å². The van der Waals surface area contributed by atoms with Crippen LogP contribution in [0.25, 0.3) is 11.2 Å². The smallest absolute Gasteiger partial charge is 0.276 e. The summed E-state index contributed by atoms with van der Waals surface area (Å²) in [5.74, 6) is 0. The number of nitrogens with zero attached hydrogens (tertiary/aromatic N) is 2. The van der Waals surface area contributed by atoms with E-state index >= 15 is 0 Å². The minimum Gasteiger partial charge on any atom is -0.339 e. The van der Waals surface area contributed by atoms with Crippen molar-refractivity contribution in [2.45, 2.75) is 0 Å². The van der Waals surface area contributed by atoms with E-state index < -0.39 is 0 Å². The molecule has 0 unspecified atom stereocenters. The molecule has 0 amide bonds. The highest BCUT2D eigenvalue weighted by atomic mass is 35.5. The Balaban J connectivity index is 0.000000605. The topological polar surface area (TPSA) is 74.4 Å². The predicted octanol–water partition coefficient (Wildman–Crippen LogP) is 0.490. The van der Waals surface area contributed by atoms with Gasteiger partial charge >= 0.3 is 0 Å². The molecule has 7 heteroatoms. The lowest BCUT2D eigenvalue weighted by Gasteiger charge is -1.81. The Morgan fingerprint density at radius 3 is 2.25 bits per heavy atom. The lowest BCUT2D eigenvalue weighted by atomic mass is 10.6. The molecule has 0 aliphatic rings. The van der Waals surface area contributed by atoms with E-state index in [-0.39, 0.29) is 30.4 Å². The summed E-state index contributed by atoms with van der Waals surface area (Å²) in [6, 6.07) is 0. The van der Waals surface area contributed by atoms with E-state index in [9.17, 15) is 4.79 Å². The molecule has 2 N–H and O–H groups in total. The van der Waals surface area contributed by atoms with E-state index in [0.717, 1.165) is 0 Å². The van der Waals surface area contributed by atoms with Crippen molar-refractivity contribution in [1.82, 2.24) is 19.9 Å². The second-order valence-electron chi connectivity index (χ2n) is 1.83. The van der Waals surface area contributed by atoms with Gasteiger partial charge in [-0.1, -0.05) is 0 Å². The largest absolute Gasteiger partial charge is 0.339 e. The first kappa shape index (κ1) is 10.9. The fourth-order valence-corrected chi connectivity index (χ4v) is 0.776. The normalized spacial score (nSPS) is 8.67. The van der Waals surface area contributed by atoms with Gasteiger partial charge in [0, 0.05) is 0 Å². The Hall–Kier alpha value is -1.07. The van der Waals surface area contributed by atoms with Gasteiger partial charge in [0.25, 0.3) is 5.56 Å². The van der Waals surface area contributed by atoms with Gasteiger partial charge in [-0.05, 0) is 0 Å². The number of nitrogens with one attached hydrogen (secondary N) is 2. The van der Waals surface area contributed by atoms with E-state index in [4.69, 9.17) is 0 Å². The van der Waals surface area contributed by atoms with Crippen molar-refractivity contribution in [2.75, 3.05) is 0 Å². The lowest BCUT2D eigenvalue weighted by Crippen LogP contribution is -2.05. The highest BCUT2D eigenvalue weighted by molar-refractivity contribution is 5.85. The van der Waals surface area contributed by atoms with Gasteiger partial charge in [-0.25, -0.2) is 9.97 Å². The number of halogens is 2. The molecule has 0 fully saturated rings. The van der Waals surface area contributed by atoms with Crippen LogP contribution in [-0.2, 0) is 0 Å². The van der Waals surface area contributed by atoms with Crippen LogP contribution in [0.15, 0.2) is 17.4 Å². The van der Waals surface area contributed by atoms with E-state index in [1.807, 2.05) is 0 Å². The Morgan fingerprint density at radius 1 is 1.08 bits per heavy atom. The quantitative estimate of drug-likeness (QED) is 0.662. The van der Waals surface area contributed by atoms with Crippen molar-refractivity contribution >= 4 is 36.0 Å². The van der Waals surface area contributed by atoms with E-state index in [1.54, 1.807) is 0 Å². The Morgan fingerprint density at radius 2 is 1.67 bits per heavy atom. The van der Waals surface area contributed by atoms with Crippen LogP contribution >= 0.6 is 24.8 Å². The minimum absolute atomic E-state index is 0. The number of aromatic amines is 2. The average Bonchev–Trinajstić information content (AvgIpc) is 2.36. The second kappa shape index (κ2) is 4.08. The number of hydrogen-bond acceptors (Lipinski definition) is 3. The van der Waals surface area contributed by atoms with Crippen LogP contribution in [0, 0.1) is 0 Å². The summed E-state index contributed by atoms with van der Waals surface area (Å²) in [5.41, 5.74) is 0.675.